The molecule has 0 atom stereocenters. The van der Waals surface area contributed by atoms with Gasteiger partial charge in [-0.1, -0.05) is 13.8 Å². The predicted molar refractivity (Wildman–Crippen MR) is 76.0 cm³/mol. The van der Waals surface area contributed by atoms with E-state index in [1.165, 1.54) is 6.42 Å². The molecule has 4 heteroatoms. The van der Waals surface area contributed by atoms with Gasteiger partial charge in [0, 0.05) is 32.8 Å². The Hall–Kier alpha value is -0.610. The minimum absolute atomic E-state index is 0.164. The molecule has 1 aliphatic rings. The van der Waals surface area contributed by atoms with Crippen LogP contribution in [0.3, 0.4) is 0 Å². The lowest BCUT2D eigenvalue weighted by Crippen LogP contribution is -2.42. The molecule has 1 rings (SSSR count). The van der Waals surface area contributed by atoms with Crippen LogP contribution < -0.4 is 5.32 Å². The molecule has 0 radical (unpaired) electrons. The first-order chi connectivity index (χ1) is 9.13. The molecule has 0 bridgehead atoms. The number of hydrogen-bond acceptors (Lipinski definition) is 3. The van der Waals surface area contributed by atoms with Gasteiger partial charge in [-0.05, 0) is 38.0 Å². The molecule has 1 N–H and O–H groups in total. The topological polar surface area (TPSA) is 47.6 Å². The monoisotopic (exact) mass is 271 g/mol. The summed E-state index contributed by atoms with van der Waals surface area (Å²) in [5.74, 6) is 1.09. The van der Waals surface area contributed by atoms with Crippen molar-refractivity contribution in [3.8, 4) is 0 Å². The maximum atomic E-state index is 11.7. The number of carbonyl (C=O) groups excluding carboxylic acids is 1. The summed E-state index contributed by atoms with van der Waals surface area (Å²) in [4.78, 5) is 11.7. The van der Waals surface area contributed by atoms with Gasteiger partial charge in [0.25, 0.3) is 0 Å². The van der Waals surface area contributed by atoms with Crippen LogP contribution in [0.2, 0.25) is 0 Å². The third kappa shape index (κ3) is 6.92. The summed E-state index contributed by atoms with van der Waals surface area (Å²) in [5, 5.41) is 2.95. The lowest BCUT2D eigenvalue weighted by Gasteiger charge is -2.34. The first kappa shape index (κ1) is 16.4. The van der Waals surface area contributed by atoms with E-state index in [1.54, 1.807) is 7.11 Å². The van der Waals surface area contributed by atoms with Gasteiger partial charge in [-0.2, -0.15) is 0 Å². The fraction of sp³-hybridized carbons (Fsp3) is 0.933. The van der Waals surface area contributed by atoms with E-state index in [0.29, 0.717) is 19.3 Å². The lowest BCUT2D eigenvalue weighted by molar-refractivity contribution is -0.134. The van der Waals surface area contributed by atoms with E-state index >= 15 is 0 Å². The highest BCUT2D eigenvalue weighted by Gasteiger charge is 2.34. The van der Waals surface area contributed by atoms with Crippen LogP contribution in [0.1, 0.15) is 46.0 Å². The van der Waals surface area contributed by atoms with Crippen molar-refractivity contribution in [2.24, 2.45) is 11.8 Å². The highest BCUT2D eigenvalue weighted by Crippen LogP contribution is 2.30. The molecule has 1 amide bonds. The zero-order valence-electron chi connectivity index (χ0n) is 12.6. The van der Waals surface area contributed by atoms with E-state index in [9.17, 15) is 4.79 Å². The van der Waals surface area contributed by atoms with Gasteiger partial charge >= 0.3 is 0 Å². The van der Waals surface area contributed by atoms with E-state index in [1.807, 2.05) is 0 Å². The van der Waals surface area contributed by atoms with E-state index in [0.717, 1.165) is 38.2 Å². The average molecular weight is 271 g/mol. The van der Waals surface area contributed by atoms with Crippen LogP contribution in [-0.2, 0) is 14.3 Å². The minimum Gasteiger partial charge on any atom is -0.385 e. The van der Waals surface area contributed by atoms with Gasteiger partial charge in [-0.25, -0.2) is 0 Å². The second kappa shape index (κ2) is 9.32. The van der Waals surface area contributed by atoms with Crippen LogP contribution in [0.15, 0.2) is 0 Å². The van der Waals surface area contributed by atoms with E-state index in [4.69, 9.17) is 9.47 Å². The Kier molecular flexibility index (Phi) is 8.07. The lowest BCUT2D eigenvalue weighted by atomic mass is 9.81. The summed E-state index contributed by atoms with van der Waals surface area (Å²) in [6.45, 7) is 6.71. The molecule has 112 valence electrons. The Balaban J connectivity index is 1.95. The minimum atomic E-state index is 0.164. The molecule has 0 aromatic rings. The quantitative estimate of drug-likeness (QED) is 0.621. The first-order valence-corrected chi connectivity index (χ1v) is 7.51. The Morgan fingerprint density at radius 1 is 1.26 bits per heavy atom. The summed E-state index contributed by atoms with van der Waals surface area (Å²) >= 11 is 0. The van der Waals surface area contributed by atoms with E-state index in [2.05, 4.69) is 19.2 Å². The van der Waals surface area contributed by atoms with Crippen molar-refractivity contribution < 1.29 is 14.3 Å². The van der Waals surface area contributed by atoms with Crippen LogP contribution in [0.4, 0.5) is 0 Å². The maximum Gasteiger partial charge on any atom is 0.223 e. The Morgan fingerprint density at radius 3 is 2.63 bits per heavy atom. The number of hydrogen-bond donors (Lipinski definition) is 1. The van der Waals surface area contributed by atoms with Gasteiger partial charge in [-0.15, -0.1) is 0 Å². The molecule has 1 saturated carbocycles. The number of rotatable bonds is 10. The second-order valence-corrected chi connectivity index (χ2v) is 5.83. The molecule has 0 spiro atoms. The summed E-state index contributed by atoms with van der Waals surface area (Å²) < 4.78 is 10.7. The van der Waals surface area contributed by atoms with Crippen molar-refractivity contribution in [1.29, 1.82) is 0 Å². The van der Waals surface area contributed by atoms with Crippen LogP contribution in [0.25, 0.3) is 0 Å². The first-order valence-electron chi connectivity index (χ1n) is 7.51. The molecule has 0 aliphatic heterocycles. The van der Waals surface area contributed by atoms with Gasteiger partial charge in [0.05, 0.1) is 6.10 Å². The van der Waals surface area contributed by atoms with Gasteiger partial charge in [0.15, 0.2) is 0 Å². The zero-order valence-corrected chi connectivity index (χ0v) is 12.6. The van der Waals surface area contributed by atoms with Gasteiger partial charge < -0.3 is 14.8 Å². The second-order valence-electron chi connectivity index (χ2n) is 5.83. The highest BCUT2D eigenvalue weighted by molar-refractivity contribution is 5.79. The Labute approximate surface area is 117 Å². The van der Waals surface area contributed by atoms with Gasteiger partial charge in [0.1, 0.15) is 0 Å². The molecular formula is C15H29NO3. The van der Waals surface area contributed by atoms with Crippen molar-refractivity contribution in [2.45, 2.75) is 52.1 Å². The number of carbonyl (C=O) groups is 1. The Morgan fingerprint density at radius 2 is 2.00 bits per heavy atom. The molecular weight excluding hydrogens is 242 g/mol. The molecule has 0 aromatic heterocycles. The standard InChI is InChI=1S/C15H29NO3/c1-12(2)6-4-9-19-14-10-13(11-14)15(17)16-7-5-8-18-3/h12-14H,4-11H2,1-3H3,(H,16,17). The summed E-state index contributed by atoms with van der Waals surface area (Å²) in [7, 11) is 1.68. The number of amides is 1. The third-order valence-corrected chi connectivity index (χ3v) is 3.57. The molecule has 0 heterocycles. The normalized spacial score (nSPS) is 22.3. The van der Waals surface area contributed by atoms with Crippen LogP contribution in [0.5, 0.6) is 0 Å². The van der Waals surface area contributed by atoms with Gasteiger partial charge in [0.2, 0.25) is 5.91 Å². The molecule has 1 fully saturated rings. The van der Waals surface area contributed by atoms with Crippen molar-refractivity contribution in [3.63, 3.8) is 0 Å². The number of methoxy groups -OCH3 is 1. The van der Waals surface area contributed by atoms with Crippen molar-refractivity contribution in [1.82, 2.24) is 5.32 Å². The average Bonchev–Trinajstić information content (AvgIpc) is 2.31. The molecule has 4 nitrogen and oxygen atoms in total. The fourth-order valence-electron chi connectivity index (χ4n) is 2.23. The van der Waals surface area contributed by atoms with Gasteiger partial charge in [-0.3, -0.25) is 4.79 Å². The van der Waals surface area contributed by atoms with E-state index in [-0.39, 0.29) is 11.8 Å². The van der Waals surface area contributed by atoms with Crippen LogP contribution >= 0.6 is 0 Å². The maximum absolute atomic E-state index is 11.7. The molecule has 0 aromatic carbocycles. The smallest absolute Gasteiger partial charge is 0.223 e. The highest BCUT2D eigenvalue weighted by atomic mass is 16.5. The predicted octanol–water partition coefficient (Wildman–Crippen LogP) is 2.37. The Bertz CT molecular complexity index is 250. The fourth-order valence-corrected chi connectivity index (χ4v) is 2.23. The van der Waals surface area contributed by atoms with E-state index < -0.39 is 0 Å². The molecule has 0 unspecified atom stereocenters. The van der Waals surface area contributed by atoms with Crippen LogP contribution in [-0.4, -0.2) is 38.9 Å². The van der Waals surface area contributed by atoms with Crippen molar-refractivity contribution in [2.75, 3.05) is 26.9 Å². The molecule has 19 heavy (non-hydrogen) atoms. The molecule has 0 saturated heterocycles. The third-order valence-electron chi connectivity index (χ3n) is 3.57. The number of nitrogens with one attached hydrogen (secondary N) is 1. The largest absolute Gasteiger partial charge is 0.385 e. The molecule has 1 aliphatic carbocycles. The van der Waals surface area contributed by atoms with Crippen molar-refractivity contribution in [3.05, 3.63) is 0 Å². The summed E-state index contributed by atoms with van der Waals surface area (Å²) in [5.41, 5.74) is 0. The summed E-state index contributed by atoms with van der Waals surface area (Å²) in [6.07, 6.45) is 5.31. The van der Waals surface area contributed by atoms with Crippen LogP contribution in [0, 0.1) is 11.8 Å². The number of ether oxygens (including phenoxy) is 2. The SMILES string of the molecule is COCCCNC(=O)C1CC(OCCCC(C)C)C1. The van der Waals surface area contributed by atoms with Crippen molar-refractivity contribution >= 4 is 5.91 Å². The zero-order chi connectivity index (χ0) is 14.1. The summed E-state index contributed by atoms with van der Waals surface area (Å²) in [6, 6.07) is 0.